The van der Waals surface area contributed by atoms with Gasteiger partial charge in [0.15, 0.2) is 5.96 Å². The molecule has 1 atom stereocenters. The van der Waals surface area contributed by atoms with Crippen LogP contribution in [-0.2, 0) is 6.54 Å². The molecule has 0 aliphatic carbocycles. The summed E-state index contributed by atoms with van der Waals surface area (Å²) < 4.78 is 0. The highest BCUT2D eigenvalue weighted by atomic mass is 15.4. The lowest BCUT2D eigenvalue weighted by molar-refractivity contribution is 0.237. The zero-order chi connectivity index (χ0) is 16.8. The van der Waals surface area contributed by atoms with E-state index in [0.717, 1.165) is 43.0 Å². The van der Waals surface area contributed by atoms with E-state index in [-0.39, 0.29) is 6.04 Å². The minimum atomic E-state index is 0.209. The van der Waals surface area contributed by atoms with Crippen LogP contribution in [0.3, 0.4) is 0 Å². The molecule has 0 unspecified atom stereocenters. The number of guanidine groups is 1. The number of nitrogens with zero attached hydrogens (tertiary/aromatic N) is 4. The minimum absolute atomic E-state index is 0.209. The first kappa shape index (κ1) is 17.3. The second-order valence-corrected chi connectivity index (χ2v) is 6.36. The highest BCUT2D eigenvalue weighted by molar-refractivity contribution is 5.80. The second-order valence-electron chi connectivity index (χ2n) is 6.36. The summed E-state index contributed by atoms with van der Waals surface area (Å²) in [6.45, 7) is 6.83. The van der Waals surface area contributed by atoms with Crippen LogP contribution in [0.15, 0.2) is 29.3 Å². The fourth-order valence-electron chi connectivity index (χ4n) is 3.08. The van der Waals surface area contributed by atoms with Crippen LogP contribution in [0.25, 0.3) is 0 Å². The van der Waals surface area contributed by atoms with Gasteiger partial charge in [0.25, 0.3) is 0 Å². The van der Waals surface area contributed by atoms with Crippen LogP contribution in [0.1, 0.15) is 37.8 Å². The molecule has 1 heterocycles. The molecule has 0 aromatic heterocycles. The van der Waals surface area contributed by atoms with E-state index < -0.39 is 0 Å². The van der Waals surface area contributed by atoms with E-state index in [9.17, 15) is 5.26 Å². The maximum atomic E-state index is 9.32. The van der Waals surface area contributed by atoms with Gasteiger partial charge in [0.2, 0.25) is 0 Å². The van der Waals surface area contributed by atoms with Gasteiger partial charge in [-0.05, 0) is 38.3 Å². The predicted molar refractivity (Wildman–Crippen MR) is 94.0 cm³/mol. The molecule has 23 heavy (non-hydrogen) atoms. The molecule has 0 spiro atoms. The average molecular weight is 313 g/mol. The summed E-state index contributed by atoms with van der Waals surface area (Å²) in [4.78, 5) is 9.09. The van der Waals surface area contributed by atoms with Crippen molar-refractivity contribution in [2.75, 3.05) is 20.1 Å². The Balaban J connectivity index is 2.24. The summed E-state index contributed by atoms with van der Waals surface area (Å²) in [5, 5.41) is 9.32. The maximum Gasteiger partial charge on any atom is 0.196 e. The number of rotatable bonds is 3. The lowest BCUT2D eigenvalue weighted by Crippen LogP contribution is -2.53. The normalized spacial score (nSPS) is 18.9. The number of nitrogens with two attached hydrogens (primary N) is 1. The predicted octanol–water partition coefficient (Wildman–Crippen LogP) is 2.18. The zero-order valence-electron chi connectivity index (χ0n) is 14.4. The molecule has 1 aliphatic heterocycles. The first-order chi connectivity index (χ1) is 11.1. The van der Waals surface area contributed by atoms with Gasteiger partial charge in [-0.25, -0.2) is 0 Å². The molecule has 1 aliphatic rings. The van der Waals surface area contributed by atoms with E-state index in [0.29, 0.717) is 12.6 Å². The Morgan fingerprint density at radius 3 is 2.83 bits per heavy atom. The molecule has 2 rings (SSSR count). The molecule has 1 aromatic rings. The molecular weight excluding hydrogens is 286 g/mol. The summed E-state index contributed by atoms with van der Waals surface area (Å²) in [5.74, 6) is 0.975. The highest BCUT2D eigenvalue weighted by Gasteiger charge is 2.25. The van der Waals surface area contributed by atoms with Gasteiger partial charge in [0, 0.05) is 38.8 Å². The van der Waals surface area contributed by atoms with Crippen molar-refractivity contribution < 1.29 is 0 Å². The van der Waals surface area contributed by atoms with Gasteiger partial charge in [-0.15, -0.1) is 0 Å². The van der Waals surface area contributed by atoms with Crippen LogP contribution >= 0.6 is 0 Å². The summed E-state index contributed by atoms with van der Waals surface area (Å²) in [6, 6.07) is 10.6. The number of hydrogen-bond donors (Lipinski definition) is 1. The second kappa shape index (κ2) is 7.98. The van der Waals surface area contributed by atoms with Crippen LogP contribution in [0.5, 0.6) is 0 Å². The van der Waals surface area contributed by atoms with Crippen molar-refractivity contribution in [2.45, 2.75) is 45.3 Å². The Bertz CT molecular complexity index is 587. The Labute approximate surface area is 139 Å². The fourth-order valence-corrected chi connectivity index (χ4v) is 3.08. The van der Waals surface area contributed by atoms with E-state index in [1.807, 2.05) is 31.3 Å². The van der Waals surface area contributed by atoms with Crippen LogP contribution < -0.4 is 5.73 Å². The van der Waals surface area contributed by atoms with Crippen molar-refractivity contribution in [1.82, 2.24) is 9.80 Å². The van der Waals surface area contributed by atoms with Crippen LogP contribution in [0, 0.1) is 11.3 Å². The van der Waals surface area contributed by atoms with Gasteiger partial charge in [-0.3, -0.25) is 4.99 Å². The molecule has 2 N–H and O–H groups in total. The largest absolute Gasteiger partial charge is 0.341 e. The van der Waals surface area contributed by atoms with E-state index in [2.05, 4.69) is 34.7 Å². The third-order valence-corrected chi connectivity index (χ3v) is 4.30. The molecule has 0 saturated carbocycles. The molecule has 124 valence electrons. The van der Waals surface area contributed by atoms with Gasteiger partial charge in [-0.2, -0.15) is 5.26 Å². The van der Waals surface area contributed by atoms with Crippen molar-refractivity contribution >= 4 is 5.96 Å². The highest BCUT2D eigenvalue weighted by Crippen LogP contribution is 2.17. The Morgan fingerprint density at radius 2 is 2.22 bits per heavy atom. The molecular formula is C18H27N5. The average Bonchev–Trinajstić information content (AvgIpc) is 2.55. The third-order valence-electron chi connectivity index (χ3n) is 4.30. The minimum Gasteiger partial charge on any atom is -0.341 e. The van der Waals surface area contributed by atoms with Crippen LogP contribution in [-0.4, -0.2) is 48.0 Å². The number of likely N-dealkylation sites (tertiary alicyclic amines) is 1. The summed E-state index contributed by atoms with van der Waals surface area (Å²) in [7, 11) is 1.83. The number of piperidine rings is 1. The monoisotopic (exact) mass is 313 g/mol. The van der Waals surface area contributed by atoms with Crippen molar-refractivity contribution in [3.05, 3.63) is 35.4 Å². The van der Waals surface area contributed by atoms with Crippen molar-refractivity contribution in [3.63, 3.8) is 0 Å². The van der Waals surface area contributed by atoms with Crippen molar-refractivity contribution in [3.8, 4) is 6.07 Å². The molecule has 0 amide bonds. The van der Waals surface area contributed by atoms with Gasteiger partial charge < -0.3 is 15.5 Å². The number of hydrogen-bond acceptors (Lipinski definition) is 3. The Kier molecular flexibility index (Phi) is 6.00. The third kappa shape index (κ3) is 4.23. The lowest BCUT2D eigenvalue weighted by Gasteiger charge is -2.40. The number of nitriles is 1. The van der Waals surface area contributed by atoms with Gasteiger partial charge in [0.05, 0.1) is 11.6 Å². The first-order valence-electron chi connectivity index (χ1n) is 8.28. The molecule has 5 nitrogen and oxygen atoms in total. The van der Waals surface area contributed by atoms with Gasteiger partial charge >= 0.3 is 0 Å². The Morgan fingerprint density at radius 1 is 1.48 bits per heavy atom. The number of aliphatic imine (C=N–C) groups is 1. The summed E-state index contributed by atoms with van der Waals surface area (Å²) in [6.07, 6.45) is 2.17. The van der Waals surface area contributed by atoms with E-state index in [4.69, 9.17) is 5.73 Å². The van der Waals surface area contributed by atoms with E-state index >= 15 is 0 Å². The maximum absolute atomic E-state index is 9.32. The van der Waals surface area contributed by atoms with Crippen molar-refractivity contribution in [1.29, 1.82) is 5.26 Å². The smallest absolute Gasteiger partial charge is 0.196 e. The van der Waals surface area contributed by atoms with Crippen LogP contribution in [0.4, 0.5) is 0 Å². The first-order valence-corrected chi connectivity index (χ1v) is 8.28. The topological polar surface area (TPSA) is 68.7 Å². The molecule has 1 saturated heterocycles. The summed E-state index contributed by atoms with van der Waals surface area (Å²) >= 11 is 0. The summed E-state index contributed by atoms with van der Waals surface area (Å²) in [5.41, 5.74) is 7.89. The SMILES string of the molecule is C/N=C(/N1CCC[C@@H](N)C1)N(Cc1ccccc1C#N)C(C)C. The van der Waals surface area contributed by atoms with E-state index in [1.54, 1.807) is 0 Å². The fraction of sp³-hybridized carbons (Fsp3) is 0.556. The van der Waals surface area contributed by atoms with Gasteiger partial charge in [-0.1, -0.05) is 18.2 Å². The molecule has 0 radical (unpaired) electrons. The zero-order valence-corrected chi connectivity index (χ0v) is 14.4. The van der Waals surface area contributed by atoms with Crippen LogP contribution in [0.2, 0.25) is 0 Å². The number of benzene rings is 1. The van der Waals surface area contributed by atoms with E-state index in [1.165, 1.54) is 0 Å². The van der Waals surface area contributed by atoms with Gasteiger partial charge in [0.1, 0.15) is 0 Å². The Hall–Kier alpha value is -2.06. The quantitative estimate of drug-likeness (QED) is 0.686. The molecule has 1 fully saturated rings. The molecule has 0 bridgehead atoms. The lowest BCUT2D eigenvalue weighted by atomic mass is 10.1. The molecule has 5 heteroatoms. The molecule has 1 aromatic carbocycles. The van der Waals surface area contributed by atoms with Crippen molar-refractivity contribution in [2.24, 2.45) is 10.7 Å². The standard InChI is InChI=1S/C18H27N5/c1-14(2)23(12-16-8-5-4-7-15(16)11-19)18(21-3)22-10-6-9-17(20)13-22/h4-5,7-8,14,17H,6,9-10,12-13,20H2,1-3H3/b21-18-/t17-/m1/s1.